The zero-order chi connectivity index (χ0) is 15.4. The zero-order valence-corrected chi connectivity index (χ0v) is 14.0. The van der Waals surface area contributed by atoms with Crippen LogP contribution in [-0.4, -0.2) is 17.0 Å². The highest BCUT2D eigenvalue weighted by atomic mass is 35.5. The summed E-state index contributed by atoms with van der Waals surface area (Å²) in [6, 6.07) is 7.83. The molecule has 0 amide bonds. The third kappa shape index (κ3) is 4.08. The molecule has 0 aliphatic rings. The molecule has 1 heterocycles. The largest absolute Gasteiger partial charge is 0.368 e. The Kier molecular flexibility index (Phi) is 5.43. The molecule has 112 valence electrons. The van der Waals surface area contributed by atoms with Gasteiger partial charge in [0.2, 0.25) is 0 Å². The molecule has 0 saturated carbocycles. The topological polar surface area (TPSA) is 29.0 Å². The first kappa shape index (κ1) is 16.1. The van der Waals surface area contributed by atoms with Crippen molar-refractivity contribution in [2.45, 2.75) is 32.2 Å². The SMILES string of the molecule is CC(C)c1ncc(N(C)Cc2cccc(Cl)c2)c(CCl)n1. The van der Waals surface area contributed by atoms with Crippen LogP contribution in [0.2, 0.25) is 5.02 Å². The minimum absolute atomic E-state index is 0.291. The molecule has 1 aromatic heterocycles. The second kappa shape index (κ2) is 7.10. The van der Waals surface area contributed by atoms with Gasteiger partial charge in [-0.1, -0.05) is 37.6 Å². The lowest BCUT2D eigenvalue weighted by Crippen LogP contribution is -2.19. The molecule has 2 aromatic rings. The summed E-state index contributed by atoms with van der Waals surface area (Å²) >= 11 is 12.1. The van der Waals surface area contributed by atoms with Gasteiger partial charge >= 0.3 is 0 Å². The van der Waals surface area contributed by atoms with Gasteiger partial charge in [-0.15, -0.1) is 11.6 Å². The number of anilines is 1. The Morgan fingerprint density at radius 1 is 1.29 bits per heavy atom. The first-order chi connectivity index (χ1) is 10.0. The van der Waals surface area contributed by atoms with Gasteiger partial charge < -0.3 is 4.90 Å². The molecule has 0 N–H and O–H groups in total. The Morgan fingerprint density at radius 3 is 2.67 bits per heavy atom. The Balaban J connectivity index is 2.24. The Labute approximate surface area is 135 Å². The lowest BCUT2D eigenvalue weighted by Gasteiger charge is -2.22. The van der Waals surface area contributed by atoms with E-state index in [0.29, 0.717) is 11.8 Å². The van der Waals surface area contributed by atoms with Crippen LogP contribution in [0.15, 0.2) is 30.5 Å². The molecule has 0 bridgehead atoms. The van der Waals surface area contributed by atoms with Gasteiger partial charge in [0, 0.05) is 24.5 Å². The summed E-state index contributed by atoms with van der Waals surface area (Å²) in [7, 11) is 2.00. The van der Waals surface area contributed by atoms with Crippen molar-refractivity contribution in [1.82, 2.24) is 9.97 Å². The van der Waals surface area contributed by atoms with Gasteiger partial charge in [0.1, 0.15) is 5.82 Å². The Bertz CT molecular complexity index is 614. The van der Waals surface area contributed by atoms with E-state index in [2.05, 4.69) is 28.7 Å². The molecular formula is C16H19Cl2N3. The quantitative estimate of drug-likeness (QED) is 0.751. The van der Waals surface area contributed by atoms with Gasteiger partial charge in [-0.3, -0.25) is 0 Å². The van der Waals surface area contributed by atoms with E-state index < -0.39 is 0 Å². The van der Waals surface area contributed by atoms with E-state index in [0.717, 1.165) is 34.3 Å². The predicted molar refractivity (Wildman–Crippen MR) is 89.2 cm³/mol. The molecule has 0 saturated heterocycles. The Morgan fingerprint density at radius 2 is 2.05 bits per heavy atom. The zero-order valence-electron chi connectivity index (χ0n) is 12.5. The van der Waals surface area contributed by atoms with Gasteiger partial charge in [0.05, 0.1) is 23.5 Å². The molecule has 0 aliphatic heterocycles. The standard InChI is InChI=1S/C16H19Cl2N3/c1-11(2)16-19-9-15(14(8-17)20-16)21(3)10-12-5-4-6-13(18)7-12/h4-7,9,11H,8,10H2,1-3H3. The summed E-state index contributed by atoms with van der Waals surface area (Å²) in [5.74, 6) is 1.49. The molecule has 0 aliphatic carbocycles. The molecular weight excluding hydrogens is 305 g/mol. The van der Waals surface area contributed by atoms with Crippen molar-refractivity contribution in [3.8, 4) is 0 Å². The molecule has 2 rings (SSSR count). The minimum Gasteiger partial charge on any atom is -0.368 e. The van der Waals surface area contributed by atoms with Crippen LogP contribution in [0.1, 0.15) is 36.8 Å². The number of rotatable bonds is 5. The highest BCUT2D eigenvalue weighted by Gasteiger charge is 2.12. The fraction of sp³-hybridized carbons (Fsp3) is 0.375. The van der Waals surface area contributed by atoms with Gasteiger partial charge in [0.15, 0.2) is 0 Å². The van der Waals surface area contributed by atoms with Crippen LogP contribution in [0.3, 0.4) is 0 Å². The van der Waals surface area contributed by atoms with Crippen LogP contribution in [0, 0.1) is 0 Å². The number of hydrogen-bond donors (Lipinski definition) is 0. The van der Waals surface area contributed by atoms with Crippen LogP contribution in [-0.2, 0) is 12.4 Å². The van der Waals surface area contributed by atoms with E-state index in [4.69, 9.17) is 23.2 Å². The number of nitrogens with zero attached hydrogens (tertiary/aromatic N) is 3. The molecule has 0 spiro atoms. The number of aromatic nitrogens is 2. The van der Waals surface area contributed by atoms with E-state index in [-0.39, 0.29) is 0 Å². The van der Waals surface area contributed by atoms with E-state index in [1.165, 1.54) is 0 Å². The van der Waals surface area contributed by atoms with Crippen LogP contribution in [0.4, 0.5) is 5.69 Å². The summed E-state index contributed by atoms with van der Waals surface area (Å²) in [6.07, 6.45) is 1.85. The lowest BCUT2D eigenvalue weighted by atomic mass is 10.2. The third-order valence-corrected chi connectivity index (χ3v) is 3.72. The highest BCUT2D eigenvalue weighted by molar-refractivity contribution is 6.30. The predicted octanol–water partition coefficient (Wildman–Crippen LogP) is 4.63. The number of benzene rings is 1. The van der Waals surface area contributed by atoms with Crippen LogP contribution >= 0.6 is 23.2 Å². The summed E-state index contributed by atoms with van der Waals surface area (Å²) in [5.41, 5.74) is 2.95. The molecule has 0 atom stereocenters. The van der Waals surface area contributed by atoms with Crippen molar-refractivity contribution < 1.29 is 0 Å². The van der Waals surface area contributed by atoms with Crippen molar-refractivity contribution >= 4 is 28.9 Å². The molecule has 0 radical (unpaired) electrons. The van der Waals surface area contributed by atoms with E-state index >= 15 is 0 Å². The van der Waals surface area contributed by atoms with Crippen molar-refractivity contribution in [3.05, 3.63) is 52.6 Å². The van der Waals surface area contributed by atoms with Crippen molar-refractivity contribution in [2.75, 3.05) is 11.9 Å². The van der Waals surface area contributed by atoms with Crippen LogP contribution in [0.25, 0.3) is 0 Å². The van der Waals surface area contributed by atoms with Gasteiger partial charge in [-0.2, -0.15) is 0 Å². The normalized spacial score (nSPS) is 11.0. The fourth-order valence-corrected chi connectivity index (χ4v) is 2.53. The van der Waals surface area contributed by atoms with Crippen molar-refractivity contribution in [3.63, 3.8) is 0 Å². The maximum atomic E-state index is 6.04. The minimum atomic E-state index is 0.291. The molecule has 1 aromatic carbocycles. The smallest absolute Gasteiger partial charge is 0.131 e. The molecule has 5 heteroatoms. The number of alkyl halides is 1. The first-order valence-corrected chi connectivity index (χ1v) is 7.80. The molecule has 0 fully saturated rings. The fourth-order valence-electron chi connectivity index (χ4n) is 2.12. The number of halogens is 2. The molecule has 21 heavy (non-hydrogen) atoms. The Hall–Kier alpha value is -1.32. The van der Waals surface area contributed by atoms with E-state index in [9.17, 15) is 0 Å². The molecule has 3 nitrogen and oxygen atoms in total. The maximum Gasteiger partial charge on any atom is 0.131 e. The van der Waals surface area contributed by atoms with E-state index in [1.807, 2.05) is 37.5 Å². The summed E-state index contributed by atoms with van der Waals surface area (Å²) < 4.78 is 0. The average Bonchev–Trinajstić information content (AvgIpc) is 2.46. The highest BCUT2D eigenvalue weighted by Crippen LogP contribution is 2.23. The van der Waals surface area contributed by atoms with Gasteiger partial charge in [0.25, 0.3) is 0 Å². The summed E-state index contributed by atoms with van der Waals surface area (Å²) in [4.78, 5) is 11.1. The van der Waals surface area contributed by atoms with Crippen LogP contribution < -0.4 is 4.90 Å². The second-order valence-corrected chi connectivity index (χ2v) is 6.04. The van der Waals surface area contributed by atoms with Gasteiger partial charge in [-0.25, -0.2) is 9.97 Å². The van der Waals surface area contributed by atoms with Crippen LogP contribution in [0.5, 0.6) is 0 Å². The maximum absolute atomic E-state index is 6.04. The summed E-state index contributed by atoms with van der Waals surface area (Å²) in [5, 5.41) is 0.741. The molecule has 0 unspecified atom stereocenters. The number of hydrogen-bond acceptors (Lipinski definition) is 3. The van der Waals surface area contributed by atoms with Crippen molar-refractivity contribution in [1.29, 1.82) is 0 Å². The lowest BCUT2D eigenvalue weighted by molar-refractivity contribution is 0.758. The third-order valence-electron chi connectivity index (χ3n) is 3.23. The average molecular weight is 324 g/mol. The second-order valence-electron chi connectivity index (χ2n) is 5.33. The van der Waals surface area contributed by atoms with Crippen molar-refractivity contribution in [2.24, 2.45) is 0 Å². The monoisotopic (exact) mass is 323 g/mol. The van der Waals surface area contributed by atoms with E-state index in [1.54, 1.807) is 0 Å². The van der Waals surface area contributed by atoms with Gasteiger partial charge in [-0.05, 0) is 17.7 Å². The summed E-state index contributed by atoms with van der Waals surface area (Å²) in [6.45, 7) is 4.88. The first-order valence-electron chi connectivity index (χ1n) is 6.88.